The molecule has 2 aromatic heterocycles. The van der Waals surface area contributed by atoms with E-state index in [0.29, 0.717) is 24.4 Å². The van der Waals surface area contributed by atoms with E-state index in [1.807, 2.05) is 25.5 Å². The first-order valence-electron chi connectivity index (χ1n) is 10.7. The summed E-state index contributed by atoms with van der Waals surface area (Å²) in [7, 11) is 1.91. The van der Waals surface area contributed by atoms with Gasteiger partial charge in [0.15, 0.2) is 0 Å². The van der Waals surface area contributed by atoms with E-state index in [1.165, 1.54) is 6.26 Å². The van der Waals surface area contributed by atoms with Gasteiger partial charge in [-0.15, -0.1) is 0 Å². The second-order valence-electron chi connectivity index (χ2n) is 7.84. The number of amides is 2. The van der Waals surface area contributed by atoms with Gasteiger partial charge in [-0.1, -0.05) is 18.2 Å². The zero-order valence-corrected chi connectivity index (χ0v) is 18.1. The number of nitrogens with one attached hydrogen (secondary N) is 1. The number of hydrogen-bond acceptors (Lipinski definition) is 5. The van der Waals surface area contributed by atoms with E-state index < -0.39 is 0 Å². The molecule has 0 unspecified atom stereocenters. The molecular weight excluding hydrogens is 406 g/mol. The van der Waals surface area contributed by atoms with Gasteiger partial charge >= 0.3 is 0 Å². The molecule has 8 nitrogen and oxygen atoms in total. The zero-order chi connectivity index (χ0) is 22.3. The van der Waals surface area contributed by atoms with E-state index in [9.17, 15) is 9.59 Å². The first-order chi connectivity index (χ1) is 15.6. The predicted octanol–water partition coefficient (Wildman–Crippen LogP) is 2.52. The van der Waals surface area contributed by atoms with Crippen molar-refractivity contribution in [3.05, 3.63) is 83.7 Å². The third kappa shape index (κ3) is 5.53. The lowest BCUT2D eigenvalue weighted by Crippen LogP contribution is -2.40. The van der Waals surface area contributed by atoms with Crippen LogP contribution in [-0.4, -0.2) is 57.6 Å². The van der Waals surface area contributed by atoms with Crippen LogP contribution in [0.5, 0.6) is 0 Å². The van der Waals surface area contributed by atoms with Crippen LogP contribution in [0, 0.1) is 0 Å². The van der Waals surface area contributed by atoms with Crippen LogP contribution in [-0.2, 0) is 18.4 Å². The number of hydrogen-bond donors (Lipinski definition) is 1. The van der Waals surface area contributed by atoms with Gasteiger partial charge in [-0.05, 0) is 30.7 Å². The van der Waals surface area contributed by atoms with Crippen LogP contribution in [0.4, 0.5) is 0 Å². The fourth-order valence-corrected chi connectivity index (χ4v) is 3.77. The van der Waals surface area contributed by atoms with Gasteiger partial charge in [0.1, 0.15) is 11.5 Å². The Balaban J connectivity index is 1.46. The average molecular weight is 434 g/mol. The summed E-state index contributed by atoms with van der Waals surface area (Å²) in [6, 6.07) is 12.3. The molecule has 1 aliphatic rings. The van der Waals surface area contributed by atoms with Crippen molar-refractivity contribution in [2.45, 2.75) is 13.0 Å². The number of furan rings is 1. The largest absolute Gasteiger partial charge is 0.465 e. The standard InChI is InChI=1S/C24H27N5O3/c1-27-17-19(16-25-27)18-28-10-6-11-29(13-12-28)24(31)22(15-21-9-5-14-32-21)26-23(30)20-7-3-2-4-8-20/h2-5,7-9,14-17H,6,10-13,18H2,1H3,(H,26,30)/b22-15-. The van der Waals surface area contributed by atoms with E-state index in [-0.39, 0.29) is 17.5 Å². The maximum absolute atomic E-state index is 13.4. The van der Waals surface area contributed by atoms with Gasteiger partial charge < -0.3 is 14.6 Å². The van der Waals surface area contributed by atoms with Crippen molar-refractivity contribution in [1.29, 1.82) is 0 Å². The SMILES string of the molecule is Cn1cc(CN2CCCN(C(=O)/C(=C/c3ccco3)NC(=O)c3ccccc3)CC2)cn1. The van der Waals surface area contributed by atoms with Crippen LogP contribution in [0.3, 0.4) is 0 Å². The highest BCUT2D eigenvalue weighted by Gasteiger charge is 2.24. The predicted molar refractivity (Wildman–Crippen MR) is 120 cm³/mol. The lowest BCUT2D eigenvalue weighted by molar-refractivity contribution is -0.127. The molecule has 0 aliphatic carbocycles. The summed E-state index contributed by atoms with van der Waals surface area (Å²) in [6.07, 6.45) is 7.86. The Kier molecular flexibility index (Phi) is 6.81. The Hall–Kier alpha value is -3.65. The summed E-state index contributed by atoms with van der Waals surface area (Å²) >= 11 is 0. The van der Waals surface area contributed by atoms with Crippen LogP contribution in [0.15, 0.2) is 71.2 Å². The average Bonchev–Trinajstić information content (AvgIpc) is 3.40. The normalized spacial score (nSPS) is 15.4. The van der Waals surface area contributed by atoms with Gasteiger partial charge in [0, 0.05) is 63.2 Å². The number of carbonyl (C=O) groups is 2. The summed E-state index contributed by atoms with van der Waals surface area (Å²) in [6.45, 7) is 3.65. The Labute approximate surface area is 187 Å². The molecule has 0 saturated carbocycles. The number of benzene rings is 1. The molecule has 166 valence electrons. The fraction of sp³-hybridized carbons (Fsp3) is 0.292. The summed E-state index contributed by atoms with van der Waals surface area (Å²) in [5, 5.41) is 7.02. The number of aromatic nitrogens is 2. The lowest BCUT2D eigenvalue weighted by atomic mass is 10.2. The fourth-order valence-electron chi connectivity index (χ4n) is 3.77. The number of carbonyl (C=O) groups excluding carboxylic acids is 2. The highest BCUT2D eigenvalue weighted by Crippen LogP contribution is 2.14. The summed E-state index contributed by atoms with van der Waals surface area (Å²) < 4.78 is 7.18. The number of nitrogens with zero attached hydrogens (tertiary/aromatic N) is 4. The lowest BCUT2D eigenvalue weighted by Gasteiger charge is -2.23. The Morgan fingerprint density at radius 2 is 1.94 bits per heavy atom. The van der Waals surface area contributed by atoms with Crippen LogP contribution in [0.2, 0.25) is 0 Å². The van der Waals surface area contributed by atoms with Crippen molar-refractivity contribution in [1.82, 2.24) is 24.9 Å². The zero-order valence-electron chi connectivity index (χ0n) is 18.1. The van der Waals surface area contributed by atoms with Crippen molar-refractivity contribution in [3.63, 3.8) is 0 Å². The molecule has 3 aromatic rings. The molecule has 8 heteroatoms. The van der Waals surface area contributed by atoms with E-state index in [1.54, 1.807) is 52.1 Å². The smallest absolute Gasteiger partial charge is 0.270 e. The molecule has 3 heterocycles. The van der Waals surface area contributed by atoms with Crippen LogP contribution in [0.1, 0.15) is 28.1 Å². The number of rotatable bonds is 6. The van der Waals surface area contributed by atoms with Crippen LogP contribution >= 0.6 is 0 Å². The molecule has 4 rings (SSSR count). The topological polar surface area (TPSA) is 83.6 Å². The van der Waals surface area contributed by atoms with E-state index in [4.69, 9.17) is 4.42 Å². The quantitative estimate of drug-likeness (QED) is 0.604. The van der Waals surface area contributed by atoms with Crippen molar-refractivity contribution >= 4 is 17.9 Å². The minimum absolute atomic E-state index is 0.203. The molecule has 0 atom stereocenters. The molecule has 0 spiro atoms. The minimum Gasteiger partial charge on any atom is -0.465 e. The molecule has 1 aromatic carbocycles. The molecule has 0 radical (unpaired) electrons. The van der Waals surface area contributed by atoms with E-state index in [0.717, 1.165) is 31.6 Å². The van der Waals surface area contributed by atoms with Crippen LogP contribution in [0.25, 0.3) is 6.08 Å². The third-order valence-corrected chi connectivity index (χ3v) is 5.38. The molecule has 0 bridgehead atoms. The Bertz CT molecular complexity index is 1070. The Morgan fingerprint density at radius 1 is 1.09 bits per heavy atom. The first kappa shape index (κ1) is 21.6. The van der Waals surface area contributed by atoms with E-state index >= 15 is 0 Å². The molecule has 2 amide bonds. The number of aryl methyl sites for hydroxylation is 1. The summed E-state index contributed by atoms with van der Waals surface area (Å²) in [4.78, 5) is 30.2. The molecule has 1 fully saturated rings. The Morgan fingerprint density at radius 3 is 2.66 bits per heavy atom. The van der Waals surface area contributed by atoms with Gasteiger partial charge in [0.05, 0.1) is 12.5 Å². The van der Waals surface area contributed by atoms with Gasteiger partial charge in [-0.25, -0.2) is 0 Å². The van der Waals surface area contributed by atoms with Gasteiger partial charge in [0.25, 0.3) is 11.8 Å². The summed E-state index contributed by atoms with van der Waals surface area (Å²) in [5.41, 5.74) is 1.85. The van der Waals surface area contributed by atoms with Crippen molar-refractivity contribution < 1.29 is 14.0 Å². The molecule has 32 heavy (non-hydrogen) atoms. The van der Waals surface area contributed by atoms with Crippen molar-refractivity contribution in [3.8, 4) is 0 Å². The van der Waals surface area contributed by atoms with Crippen molar-refractivity contribution in [2.24, 2.45) is 7.05 Å². The van der Waals surface area contributed by atoms with Crippen molar-refractivity contribution in [2.75, 3.05) is 26.2 Å². The van der Waals surface area contributed by atoms with Gasteiger partial charge in [-0.2, -0.15) is 5.10 Å². The monoisotopic (exact) mass is 433 g/mol. The van der Waals surface area contributed by atoms with E-state index in [2.05, 4.69) is 15.3 Å². The maximum Gasteiger partial charge on any atom is 0.270 e. The molecular formula is C24H27N5O3. The maximum atomic E-state index is 13.4. The highest BCUT2D eigenvalue weighted by atomic mass is 16.3. The van der Waals surface area contributed by atoms with Gasteiger partial charge in [-0.3, -0.25) is 19.2 Å². The summed E-state index contributed by atoms with van der Waals surface area (Å²) in [5.74, 6) is -0.0339. The third-order valence-electron chi connectivity index (χ3n) is 5.38. The first-order valence-corrected chi connectivity index (χ1v) is 10.7. The highest BCUT2D eigenvalue weighted by molar-refractivity contribution is 6.05. The molecule has 1 aliphatic heterocycles. The molecule has 1 saturated heterocycles. The minimum atomic E-state index is -0.329. The van der Waals surface area contributed by atoms with Crippen LogP contribution < -0.4 is 5.32 Å². The molecule has 1 N–H and O–H groups in total. The van der Waals surface area contributed by atoms with Gasteiger partial charge in [0.2, 0.25) is 0 Å². The second-order valence-corrected chi connectivity index (χ2v) is 7.84. The second kappa shape index (κ2) is 10.1.